The van der Waals surface area contributed by atoms with Crippen LogP contribution in [0.5, 0.6) is 0 Å². The highest BCUT2D eigenvalue weighted by atomic mass is 16.4. The van der Waals surface area contributed by atoms with Gasteiger partial charge in [-0.3, -0.25) is 0 Å². The number of hydrogen-bond donors (Lipinski definition) is 1. The van der Waals surface area contributed by atoms with Gasteiger partial charge in [0.05, 0.1) is 5.56 Å². The molecule has 0 bridgehead atoms. The van der Waals surface area contributed by atoms with Crippen molar-refractivity contribution in [3.63, 3.8) is 0 Å². The van der Waals surface area contributed by atoms with Crippen molar-refractivity contribution in [3.8, 4) is 0 Å². The summed E-state index contributed by atoms with van der Waals surface area (Å²) in [6.45, 7) is 0. The number of hydrogen-bond acceptors (Lipinski definition) is 1. The first-order chi connectivity index (χ1) is 7.71. The smallest absolute Gasteiger partial charge is 0.335 e. The molecular formula is C14H16O2. The number of benzene rings is 1. The van der Waals surface area contributed by atoms with Gasteiger partial charge < -0.3 is 5.11 Å². The molecule has 1 N–H and O–H groups in total. The summed E-state index contributed by atoms with van der Waals surface area (Å²) in [5.74, 6) is -0.803. The first kappa shape index (κ1) is 9.88. The third-order valence-corrected chi connectivity index (χ3v) is 4.13. The maximum Gasteiger partial charge on any atom is 0.335 e. The summed E-state index contributed by atoms with van der Waals surface area (Å²) in [6, 6.07) is 5.71. The van der Waals surface area contributed by atoms with Gasteiger partial charge in [0.25, 0.3) is 0 Å². The van der Waals surface area contributed by atoms with Crippen LogP contribution in [0.2, 0.25) is 0 Å². The predicted octanol–water partition coefficient (Wildman–Crippen LogP) is 3.14. The van der Waals surface area contributed by atoms with Crippen LogP contribution in [0.1, 0.15) is 53.6 Å². The molecule has 1 saturated carbocycles. The number of carboxylic acids is 1. The zero-order chi connectivity index (χ0) is 11.2. The molecule has 2 aliphatic rings. The van der Waals surface area contributed by atoms with E-state index in [1.165, 1.54) is 43.2 Å². The SMILES string of the molecule is O=C(O)c1ccc2c(c1)C1(CCCC2)CC1. The van der Waals surface area contributed by atoms with Gasteiger partial charge in [0, 0.05) is 0 Å². The van der Waals surface area contributed by atoms with Crippen LogP contribution in [0.3, 0.4) is 0 Å². The molecule has 0 heterocycles. The molecule has 2 aliphatic carbocycles. The fourth-order valence-electron chi connectivity index (χ4n) is 3.00. The quantitative estimate of drug-likeness (QED) is 0.783. The second kappa shape index (κ2) is 3.34. The van der Waals surface area contributed by atoms with Crippen LogP contribution in [0.25, 0.3) is 0 Å². The lowest BCUT2D eigenvalue weighted by molar-refractivity contribution is 0.0696. The topological polar surface area (TPSA) is 37.3 Å². The first-order valence-electron chi connectivity index (χ1n) is 6.08. The highest BCUT2D eigenvalue weighted by molar-refractivity contribution is 5.88. The molecule has 2 nitrogen and oxygen atoms in total. The minimum Gasteiger partial charge on any atom is -0.478 e. The van der Waals surface area contributed by atoms with Gasteiger partial charge in [0.1, 0.15) is 0 Å². The van der Waals surface area contributed by atoms with E-state index >= 15 is 0 Å². The van der Waals surface area contributed by atoms with Crippen molar-refractivity contribution in [3.05, 3.63) is 34.9 Å². The number of aryl methyl sites for hydroxylation is 1. The zero-order valence-corrected chi connectivity index (χ0v) is 9.33. The molecule has 0 atom stereocenters. The molecule has 0 radical (unpaired) electrons. The van der Waals surface area contributed by atoms with Crippen molar-refractivity contribution in [1.82, 2.24) is 0 Å². The van der Waals surface area contributed by atoms with E-state index in [0.29, 0.717) is 11.0 Å². The molecule has 0 saturated heterocycles. The van der Waals surface area contributed by atoms with Crippen molar-refractivity contribution in [1.29, 1.82) is 0 Å². The number of carbonyl (C=O) groups is 1. The Morgan fingerprint density at radius 3 is 2.69 bits per heavy atom. The van der Waals surface area contributed by atoms with Gasteiger partial charge in [0.2, 0.25) is 0 Å². The van der Waals surface area contributed by atoms with Crippen molar-refractivity contribution in [2.24, 2.45) is 0 Å². The van der Waals surface area contributed by atoms with Crippen LogP contribution < -0.4 is 0 Å². The van der Waals surface area contributed by atoms with Crippen molar-refractivity contribution in [2.75, 3.05) is 0 Å². The van der Waals surface area contributed by atoms with Crippen LogP contribution in [0, 0.1) is 0 Å². The summed E-state index contributed by atoms with van der Waals surface area (Å²) in [7, 11) is 0. The Balaban J connectivity index is 2.10. The predicted molar refractivity (Wildman–Crippen MR) is 61.9 cm³/mol. The van der Waals surface area contributed by atoms with Gasteiger partial charge in [-0.1, -0.05) is 12.5 Å². The normalized spacial score (nSPS) is 21.2. The van der Waals surface area contributed by atoms with Crippen LogP contribution in [0.15, 0.2) is 18.2 Å². The van der Waals surface area contributed by atoms with E-state index in [-0.39, 0.29) is 0 Å². The molecule has 0 aromatic heterocycles. The largest absolute Gasteiger partial charge is 0.478 e. The molecule has 0 unspecified atom stereocenters. The fraction of sp³-hybridized carbons (Fsp3) is 0.500. The fourth-order valence-corrected chi connectivity index (χ4v) is 3.00. The van der Waals surface area contributed by atoms with E-state index < -0.39 is 5.97 Å². The molecule has 0 amide bonds. The molecule has 2 heteroatoms. The minimum atomic E-state index is -0.803. The van der Waals surface area contributed by atoms with Crippen molar-refractivity contribution >= 4 is 5.97 Å². The number of carboxylic acid groups (broad SMARTS) is 1. The molecule has 1 aromatic carbocycles. The van der Waals surface area contributed by atoms with Crippen molar-refractivity contribution < 1.29 is 9.90 Å². The third kappa shape index (κ3) is 1.44. The molecule has 84 valence electrons. The van der Waals surface area contributed by atoms with Crippen LogP contribution in [0.4, 0.5) is 0 Å². The molecule has 0 aliphatic heterocycles. The Hall–Kier alpha value is -1.31. The summed E-state index contributed by atoms with van der Waals surface area (Å²) < 4.78 is 0. The molecule has 1 aromatic rings. The number of rotatable bonds is 1. The van der Waals surface area contributed by atoms with E-state index in [4.69, 9.17) is 5.11 Å². The van der Waals surface area contributed by atoms with Crippen LogP contribution in [-0.2, 0) is 11.8 Å². The Kier molecular flexibility index (Phi) is 2.06. The van der Waals surface area contributed by atoms with Gasteiger partial charge in [-0.2, -0.15) is 0 Å². The Bertz CT molecular complexity index is 444. The Labute approximate surface area is 95.3 Å². The van der Waals surface area contributed by atoms with Gasteiger partial charge in [-0.25, -0.2) is 4.79 Å². The van der Waals surface area contributed by atoms with E-state index in [1.54, 1.807) is 6.07 Å². The van der Waals surface area contributed by atoms with E-state index in [1.807, 2.05) is 12.1 Å². The standard InChI is InChI=1S/C14H16O2/c15-13(16)11-5-4-10-3-1-2-6-14(7-8-14)12(10)9-11/h4-5,9H,1-3,6-8H2,(H,15,16). The highest BCUT2D eigenvalue weighted by Gasteiger charge is 2.45. The monoisotopic (exact) mass is 216 g/mol. The lowest BCUT2D eigenvalue weighted by Crippen LogP contribution is -2.09. The van der Waals surface area contributed by atoms with Crippen LogP contribution >= 0.6 is 0 Å². The lowest BCUT2D eigenvalue weighted by Gasteiger charge is -2.16. The van der Waals surface area contributed by atoms with E-state index in [0.717, 1.165) is 6.42 Å². The Morgan fingerprint density at radius 2 is 2.00 bits per heavy atom. The molecule has 16 heavy (non-hydrogen) atoms. The number of fused-ring (bicyclic) bond motifs is 2. The van der Waals surface area contributed by atoms with Gasteiger partial charge in [-0.05, 0) is 60.8 Å². The second-order valence-corrected chi connectivity index (χ2v) is 5.16. The molecule has 1 fully saturated rings. The summed E-state index contributed by atoms with van der Waals surface area (Å²) in [5.41, 5.74) is 3.54. The zero-order valence-electron chi connectivity index (χ0n) is 9.33. The van der Waals surface area contributed by atoms with Gasteiger partial charge >= 0.3 is 5.97 Å². The maximum absolute atomic E-state index is 11.0. The van der Waals surface area contributed by atoms with Crippen LogP contribution in [-0.4, -0.2) is 11.1 Å². The molecular weight excluding hydrogens is 200 g/mol. The molecule has 1 spiro atoms. The summed E-state index contributed by atoms with van der Waals surface area (Å²) in [5, 5.41) is 9.05. The van der Waals surface area contributed by atoms with Gasteiger partial charge in [-0.15, -0.1) is 0 Å². The van der Waals surface area contributed by atoms with E-state index in [9.17, 15) is 4.79 Å². The minimum absolute atomic E-state index is 0.358. The summed E-state index contributed by atoms with van der Waals surface area (Å²) in [6.07, 6.45) is 7.42. The highest BCUT2D eigenvalue weighted by Crippen LogP contribution is 2.54. The van der Waals surface area contributed by atoms with Gasteiger partial charge in [0.15, 0.2) is 0 Å². The first-order valence-corrected chi connectivity index (χ1v) is 6.08. The molecule has 3 rings (SSSR count). The number of aromatic carboxylic acids is 1. The maximum atomic E-state index is 11.0. The van der Waals surface area contributed by atoms with Crippen molar-refractivity contribution in [2.45, 2.75) is 43.9 Å². The average molecular weight is 216 g/mol. The summed E-state index contributed by atoms with van der Waals surface area (Å²) in [4.78, 5) is 11.0. The van der Waals surface area contributed by atoms with E-state index in [2.05, 4.69) is 0 Å². The average Bonchev–Trinajstić information content (AvgIpc) is 3.07. The summed E-state index contributed by atoms with van der Waals surface area (Å²) >= 11 is 0. The second-order valence-electron chi connectivity index (χ2n) is 5.16. The third-order valence-electron chi connectivity index (χ3n) is 4.13. The lowest BCUT2D eigenvalue weighted by atomic mass is 9.88. The Morgan fingerprint density at radius 1 is 1.19 bits per heavy atom.